The molecule has 0 amide bonds. The first-order valence-corrected chi connectivity index (χ1v) is 12.0. The quantitative estimate of drug-likeness (QED) is 0.490. The first-order chi connectivity index (χ1) is 15.4. The maximum atomic E-state index is 15.6. The van der Waals surface area contributed by atoms with Gasteiger partial charge in [0.1, 0.15) is 12.3 Å². The van der Waals surface area contributed by atoms with Crippen molar-refractivity contribution < 1.29 is 33.4 Å². The van der Waals surface area contributed by atoms with Gasteiger partial charge in [-0.15, -0.1) is 0 Å². The van der Waals surface area contributed by atoms with Gasteiger partial charge in [0.2, 0.25) is 5.78 Å². The smallest absolute Gasteiger partial charge is 0.372 e. The molecule has 0 bridgehead atoms. The lowest BCUT2D eigenvalue weighted by Crippen LogP contribution is -2.59. The summed E-state index contributed by atoms with van der Waals surface area (Å²) in [6.07, 6.45) is 4.73. The number of alkyl halides is 1. The highest BCUT2D eigenvalue weighted by Crippen LogP contribution is 2.68. The number of ketones is 2. The molecule has 0 aliphatic heterocycles. The average molecular weight is 461 g/mol. The van der Waals surface area contributed by atoms with Crippen LogP contribution in [-0.2, 0) is 23.9 Å². The lowest BCUT2D eigenvalue weighted by atomic mass is 9.46. The number of allylic oxidation sites excluding steroid dienone is 4. The van der Waals surface area contributed by atoms with E-state index in [1.165, 1.54) is 12.2 Å². The van der Waals surface area contributed by atoms with Gasteiger partial charge in [0.25, 0.3) is 0 Å². The van der Waals surface area contributed by atoms with Crippen molar-refractivity contribution in [3.05, 3.63) is 23.8 Å². The number of hydrogen-bond acceptors (Lipinski definition) is 5. The number of esters is 1. The van der Waals surface area contributed by atoms with Crippen LogP contribution in [0.25, 0.3) is 0 Å². The Labute approximate surface area is 193 Å². The minimum absolute atomic E-state index is 0.0745. The van der Waals surface area contributed by atoms with Crippen LogP contribution < -0.4 is 0 Å². The van der Waals surface area contributed by atoms with E-state index in [0.717, 1.165) is 0 Å². The largest absolute Gasteiger partial charge is 0.475 e. The molecule has 4 aliphatic carbocycles. The monoisotopic (exact) mass is 460 g/mol. The van der Waals surface area contributed by atoms with Crippen molar-refractivity contribution in [2.75, 3.05) is 0 Å². The lowest BCUT2D eigenvalue weighted by Gasteiger charge is -2.59. The lowest BCUT2D eigenvalue weighted by molar-refractivity contribution is -0.177. The maximum absolute atomic E-state index is 15.6. The van der Waals surface area contributed by atoms with Gasteiger partial charge in [-0.05, 0) is 66.6 Å². The summed E-state index contributed by atoms with van der Waals surface area (Å²) in [5, 5.41) is 9.50. The zero-order chi connectivity index (χ0) is 24.3. The number of carbonyl (C=O) groups excluding carboxylic acids is 3. The van der Waals surface area contributed by atoms with Crippen molar-refractivity contribution in [1.82, 2.24) is 0 Å². The number of aliphatic carboxylic acids is 1. The topological polar surface area (TPSA) is 97.7 Å². The summed E-state index contributed by atoms with van der Waals surface area (Å²) < 4.78 is 21.6. The van der Waals surface area contributed by atoms with Gasteiger partial charge < -0.3 is 9.84 Å². The Morgan fingerprint density at radius 1 is 1.24 bits per heavy atom. The van der Waals surface area contributed by atoms with Crippen LogP contribution in [0, 0.1) is 40.4 Å². The van der Waals surface area contributed by atoms with E-state index in [0.29, 0.717) is 24.8 Å². The molecule has 0 aromatic rings. The molecule has 0 saturated heterocycles. The van der Waals surface area contributed by atoms with Gasteiger partial charge in [-0.25, -0.2) is 9.18 Å². The molecule has 0 radical (unpaired) electrons. The molecule has 3 saturated carbocycles. The summed E-state index contributed by atoms with van der Waals surface area (Å²) in [6, 6.07) is 0. The van der Waals surface area contributed by atoms with Gasteiger partial charge in [0, 0.05) is 23.7 Å². The molecule has 3 fully saturated rings. The molecule has 7 heteroatoms. The standard InChI is InChI=1S/C26H33FO6/c1-5-6-20(29)33-19-12-26(4)16(9-13(2)21(26)23(30)24(31)32)15-11-18(27)17-10-14(28)7-8-25(17,3)22(15)19/h7-8,10,13,15-16,18-19,21-22H,5-6,9,11-12H2,1-4H3,(H,31,32)/t13-,15+,16+,18+,19+,21-,22-,25+,26+/m1/s1. The Kier molecular flexibility index (Phi) is 5.90. The number of fused-ring (bicyclic) bond motifs is 5. The predicted octanol–water partition coefficient (Wildman–Crippen LogP) is 4.08. The molecule has 180 valence electrons. The number of rotatable bonds is 5. The molecule has 6 nitrogen and oxygen atoms in total. The van der Waals surface area contributed by atoms with E-state index >= 15 is 4.39 Å². The molecule has 33 heavy (non-hydrogen) atoms. The molecule has 0 spiro atoms. The minimum atomic E-state index is -1.45. The van der Waals surface area contributed by atoms with Crippen LogP contribution in [0.3, 0.4) is 0 Å². The highest BCUT2D eigenvalue weighted by molar-refractivity contribution is 6.33. The number of carbonyl (C=O) groups is 4. The van der Waals surface area contributed by atoms with Crippen LogP contribution in [-0.4, -0.2) is 40.9 Å². The molecule has 0 unspecified atom stereocenters. The Morgan fingerprint density at radius 2 is 1.94 bits per heavy atom. The molecule has 0 aromatic heterocycles. The number of hydrogen-bond donors (Lipinski definition) is 1. The SMILES string of the molecule is CCCC(=O)O[C@H]1C[C@@]2(C)[C@@H](C[C@@H](C)[C@@H]2C(=O)C(=O)O)[C@@H]2C[C@H](F)C3=CC(=O)C=C[C@]3(C)[C@H]21. The highest BCUT2D eigenvalue weighted by Gasteiger charge is 2.67. The molecule has 1 N–H and O–H groups in total. The Bertz CT molecular complexity index is 952. The van der Waals surface area contributed by atoms with Crippen molar-refractivity contribution in [2.24, 2.45) is 40.4 Å². The molecular weight excluding hydrogens is 427 g/mol. The zero-order valence-corrected chi connectivity index (χ0v) is 19.7. The van der Waals surface area contributed by atoms with E-state index < -0.39 is 40.8 Å². The third-order valence-corrected chi connectivity index (χ3v) is 9.02. The summed E-state index contributed by atoms with van der Waals surface area (Å²) in [4.78, 5) is 49.1. The van der Waals surface area contributed by atoms with Crippen molar-refractivity contribution in [1.29, 1.82) is 0 Å². The fourth-order valence-corrected chi connectivity index (χ4v) is 7.90. The summed E-state index contributed by atoms with van der Waals surface area (Å²) in [7, 11) is 0. The van der Waals surface area contributed by atoms with Crippen molar-refractivity contribution >= 4 is 23.5 Å². The number of ether oxygens (including phenoxy) is 1. The van der Waals surface area contributed by atoms with E-state index in [-0.39, 0.29) is 48.3 Å². The third kappa shape index (κ3) is 3.58. The first kappa shape index (κ1) is 23.8. The van der Waals surface area contributed by atoms with E-state index in [4.69, 9.17) is 4.74 Å². The van der Waals surface area contributed by atoms with Crippen molar-refractivity contribution in [2.45, 2.75) is 72.1 Å². The number of halogens is 1. The molecule has 4 rings (SSSR count). The van der Waals surface area contributed by atoms with E-state index in [9.17, 15) is 24.3 Å². The number of Topliss-reactive ketones (excluding diaryl/α,β-unsaturated/α-hetero) is 1. The number of carboxylic acid groups (broad SMARTS) is 1. The summed E-state index contributed by atoms with van der Waals surface area (Å²) in [5.74, 6) is -4.25. The molecule has 4 aliphatic rings. The van der Waals surface area contributed by atoms with Crippen LogP contribution >= 0.6 is 0 Å². The van der Waals surface area contributed by atoms with Gasteiger partial charge in [0.15, 0.2) is 5.78 Å². The van der Waals surface area contributed by atoms with E-state index in [1.807, 2.05) is 27.7 Å². The molecule has 9 atom stereocenters. The highest BCUT2D eigenvalue weighted by atomic mass is 19.1. The second-order valence-electron chi connectivity index (χ2n) is 11.0. The Hall–Kier alpha value is -2.31. The fraction of sp³-hybridized carbons (Fsp3) is 0.692. The van der Waals surface area contributed by atoms with E-state index in [2.05, 4.69) is 0 Å². The molecule has 0 aromatic carbocycles. The second-order valence-corrected chi connectivity index (χ2v) is 11.0. The van der Waals surface area contributed by atoms with Crippen molar-refractivity contribution in [3.8, 4) is 0 Å². The summed E-state index contributed by atoms with van der Waals surface area (Å²) in [6.45, 7) is 7.61. The molecule has 0 heterocycles. The van der Waals surface area contributed by atoms with E-state index in [1.54, 1.807) is 6.08 Å². The van der Waals surface area contributed by atoms with Gasteiger partial charge in [-0.3, -0.25) is 14.4 Å². The average Bonchev–Trinajstić information content (AvgIpc) is 2.98. The Morgan fingerprint density at radius 3 is 2.58 bits per heavy atom. The molecular formula is C26H33FO6. The third-order valence-electron chi connectivity index (χ3n) is 9.02. The van der Waals surface area contributed by atoms with Gasteiger partial charge in [-0.1, -0.05) is 33.8 Å². The summed E-state index contributed by atoms with van der Waals surface area (Å²) in [5.41, 5.74) is -1.06. The van der Waals surface area contributed by atoms with Gasteiger partial charge in [0.05, 0.1) is 0 Å². The zero-order valence-electron chi connectivity index (χ0n) is 19.7. The normalized spacial score (nSPS) is 43.7. The van der Waals surface area contributed by atoms with Gasteiger partial charge in [-0.2, -0.15) is 0 Å². The Balaban J connectivity index is 1.81. The predicted molar refractivity (Wildman–Crippen MR) is 118 cm³/mol. The van der Waals surface area contributed by atoms with Crippen molar-refractivity contribution in [3.63, 3.8) is 0 Å². The maximum Gasteiger partial charge on any atom is 0.372 e. The van der Waals surface area contributed by atoms with Crippen LogP contribution in [0.4, 0.5) is 4.39 Å². The van der Waals surface area contributed by atoms with Crippen LogP contribution in [0.2, 0.25) is 0 Å². The fourth-order valence-electron chi connectivity index (χ4n) is 7.90. The first-order valence-electron chi connectivity index (χ1n) is 12.0. The number of carboxylic acids is 1. The van der Waals surface area contributed by atoms with Gasteiger partial charge >= 0.3 is 11.9 Å². The van der Waals surface area contributed by atoms with Crippen LogP contribution in [0.15, 0.2) is 23.8 Å². The summed E-state index contributed by atoms with van der Waals surface area (Å²) >= 11 is 0. The van der Waals surface area contributed by atoms with Crippen LogP contribution in [0.1, 0.15) is 59.8 Å². The minimum Gasteiger partial charge on any atom is -0.475 e. The second kappa shape index (κ2) is 8.17. The van der Waals surface area contributed by atoms with Crippen LogP contribution in [0.5, 0.6) is 0 Å².